The summed E-state index contributed by atoms with van der Waals surface area (Å²) in [4.78, 5) is 29.2. The lowest BCUT2D eigenvalue weighted by Crippen LogP contribution is -2.53. The first-order valence-corrected chi connectivity index (χ1v) is 15.6. The van der Waals surface area contributed by atoms with Crippen molar-refractivity contribution in [2.75, 3.05) is 24.5 Å². The minimum absolute atomic E-state index is 0.0501. The molecule has 1 N–H and O–H groups in total. The third-order valence-corrected chi connectivity index (χ3v) is 8.79. The van der Waals surface area contributed by atoms with Crippen LogP contribution in [0.5, 0.6) is 5.75 Å². The molecular weight excluding hydrogens is 562 g/mol. The SMILES string of the molecule is CCOc1ccc(N(CC(=O)N(Cc2cccc(C)c2)[C@@H](Cc2ccccc2)C(=O)NC)S(=O)(=O)c2ccccc2)cc1. The molecule has 0 fully saturated rings. The van der Waals surface area contributed by atoms with Gasteiger partial charge in [-0.25, -0.2) is 8.42 Å². The molecule has 0 unspecified atom stereocenters. The quantitative estimate of drug-likeness (QED) is 0.234. The van der Waals surface area contributed by atoms with Gasteiger partial charge in [0.15, 0.2) is 0 Å². The summed E-state index contributed by atoms with van der Waals surface area (Å²) in [7, 11) is -2.62. The van der Waals surface area contributed by atoms with Crippen LogP contribution in [0.3, 0.4) is 0 Å². The van der Waals surface area contributed by atoms with Crippen molar-refractivity contribution in [3.63, 3.8) is 0 Å². The summed E-state index contributed by atoms with van der Waals surface area (Å²) in [5.74, 6) is -0.277. The van der Waals surface area contributed by atoms with Crippen LogP contribution in [0.2, 0.25) is 0 Å². The molecule has 0 aliphatic carbocycles. The average molecular weight is 600 g/mol. The van der Waals surface area contributed by atoms with E-state index < -0.39 is 28.5 Å². The molecule has 4 rings (SSSR count). The van der Waals surface area contributed by atoms with Gasteiger partial charge in [-0.2, -0.15) is 0 Å². The Labute approximate surface area is 254 Å². The largest absolute Gasteiger partial charge is 0.494 e. The average Bonchev–Trinajstić information content (AvgIpc) is 3.02. The van der Waals surface area contributed by atoms with E-state index in [0.717, 1.165) is 21.0 Å². The molecule has 0 spiro atoms. The maximum atomic E-state index is 14.3. The van der Waals surface area contributed by atoms with Crippen LogP contribution in [0.4, 0.5) is 5.69 Å². The number of rotatable bonds is 13. The van der Waals surface area contributed by atoms with Crippen LogP contribution >= 0.6 is 0 Å². The minimum atomic E-state index is -4.15. The van der Waals surface area contributed by atoms with Crippen molar-refractivity contribution in [1.82, 2.24) is 10.2 Å². The van der Waals surface area contributed by atoms with Gasteiger partial charge in [-0.1, -0.05) is 78.4 Å². The number of likely N-dealkylation sites (N-methyl/N-ethyl adjacent to an activating group) is 1. The second-order valence-electron chi connectivity index (χ2n) is 10.1. The molecule has 9 heteroatoms. The number of nitrogens with one attached hydrogen (secondary N) is 1. The molecule has 43 heavy (non-hydrogen) atoms. The molecule has 0 aromatic heterocycles. The van der Waals surface area contributed by atoms with E-state index in [1.165, 1.54) is 24.1 Å². The highest BCUT2D eigenvalue weighted by Gasteiger charge is 2.34. The number of nitrogens with zero attached hydrogens (tertiary/aromatic N) is 2. The molecule has 8 nitrogen and oxygen atoms in total. The van der Waals surface area contributed by atoms with Gasteiger partial charge in [-0.3, -0.25) is 13.9 Å². The molecule has 0 aliphatic heterocycles. The van der Waals surface area contributed by atoms with Crippen LogP contribution in [0.25, 0.3) is 0 Å². The van der Waals surface area contributed by atoms with Gasteiger partial charge in [0.1, 0.15) is 18.3 Å². The predicted molar refractivity (Wildman–Crippen MR) is 168 cm³/mol. The number of hydrogen-bond donors (Lipinski definition) is 1. The first-order chi connectivity index (χ1) is 20.7. The topological polar surface area (TPSA) is 96.0 Å². The number of aryl methyl sites for hydroxylation is 1. The van der Waals surface area contributed by atoms with Crippen LogP contribution in [-0.4, -0.2) is 51.4 Å². The molecule has 1 atom stereocenters. The Balaban J connectivity index is 1.77. The second-order valence-corrected chi connectivity index (χ2v) is 11.9. The Hall–Kier alpha value is -4.63. The summed E-state index contributed by atoms with van der Waals surface area (Å²) in [6, 6.07) is 30.8. The molecule has 4 aromatic carbocycles. The summed E-state index contributed by atoms with van der Waals surface area (Å²) >= 11 is 0. The fourth-order valence-corrected chi connectivity index (χ4v) is 6.29. The molecule has 0 radical (unpaired) electrons. The Morgan fingerprint density at radius 2 is 1.47 bits per heavy atom. The molecule has 0 saturated carbocycles. The van der Waals surface area contributed by atoms with Crippen LogP contribution in [-0.2, 0) is 32.6 Å². The number of sulfonamides is 1. The number of carbonyl (C=O) groups is 2. The maximum absolute atomic E-state index is 14.3. The van der Waals surface area contributed by atoms with E-state index in [1.807, 2.05) is 68.4 Å². The van der Waals surface area contributed by atoms with E-state index in [-0.39, 0.29) is 23.8 Å². The number of ether oxygens (including phenoxy) is 1. The van der Waals surface area contributed by atoms with Gasteiger partial charge < -0.3 is 15.0 Å². The summed E-state index contributed by atoms with van der Waals surface area (Å²) < 4.78 is 34.6. The number of anilines is 1. The lowest BCUT2D eigenvalue weighted by atomic mass is 10.0. The van der Waals surface area contributed by atoms with Crippen molar-refractivity contribution in [1.29, 1.82) is 0 Å². The Morgan fingerprint density at radius 3 is 2.07 bits per heavy atom. The van der Waals surface area contributed by atoms with E-state index in [1.54, 1.807) is 42.5 Å². The minimum Gasteiger partial charge on any atom is -0.494 e. The standard InChI is InChI=1S/C34H37N3O5S/c1-4-42-30-20-18-29(19-21-30)37(43(40,41)31-16-9-6-10-17-31)25-33(38)36(24-28-15-11-12-26(2)22-28)32(34(39)35-3)23-27-13-7-5-8-14-27/h5-22,32H,4,23-25H2,1-3H3,(H,35,39)/t32-/m0/s1. The normalized spacial score (nSPS) is 11.8. The first-order valence-electron chi connectivity index (χ1n) is 14.1. The molecule has 0 aliphatic rings. The highest BCUT2D eigenvalue weighted by molar-refractivity contribution is 7.92. The van der Waals surface area contributed by atoms with Crippen LogP contribution in [0.1, 0.15) is 23.6 Å². The van der Waals surface area contributed by atoms with Gasteiger partial charge in [0, 0.05) is 20.0 Å². The molecule has 2 amide bonds. The molecule has 0 heterocycles. The third-order valence-electron chi connectivity index (χ3n) is 7.00. The predicted octanol–water partition coefficient (Wildman–Crippen LogP) is 4.98. The zero-order chi connectivity index (χ0) is 30.8. The summed E-state index contributed by atoms with van der Waals surface area (Å²) in [5.41, 5.74) is 3.01. The zero-order valence-corrected chi connectivity index (χ0v) is 25.5. The Morgan fingerprint density at radius 1 is 0.837 bits per heavy atom. The summed E-state index contributed by atoms with van der Waals surface area (Å²) in [6.07, 6.45) is 0.257. The highest BCUT2D eigenvalue weighted by Crippen LogP contribution is 2.27. The maximum Gasteiger partial charge on any atom is 0.264 e. The fraction of sp³-hybridized carbons (Fsp3) is 0.235. The molecular formula is C34H37N3O5S. The third kappa shape index (κ3) is 8.02. The van der Waals surface area contributed by atoms with Crippen LogP contribution < -0.4 is 14.4 Å². The molecule has 224 valence electrons. The number of hydrogen-bond acceptors (Lipinski definition) is 5. The Bertz CT molecular complexity index is 1610. The number of amides is 2. The van der Waals surface area contributed by atoms with Crippen molar-refractivity contribution in [2.24, 2.45) is 0 Å². The lowest BCUT2D eigenvalue weighted by Gasteiger charge is -2.33. The van der Waals surface area contributed by atoms with Gasteiger partial charge in [0.25, 0.3) is 10.0 Å². The van der Waals surface area contributed by atoms with Gasteiger partial charge in [-0.15, -0.1) is 0 Å². The Kier molecular flexibility index (Phi) is 10.6. The van der Waals surface area contributed by atoms with E-state index >= 15 is 0 Å². The molecule has 0 saturated heterocycles. The van der Waals surface area contributed by atoms with Gasteiger partial charge in [-0.05, 0) is 61.4 Å². The van der Waals surface area contributed by atoms with Crippen molar-refractivity contribution >= 4 is 27.5 Å². The van der Waals surface area contributed by atoms with E-state index in [9.17, 15) is 18.0 Å². The van der Waals surface area contributed by atoms with Gasteiger partial charge >= 0.3 is 0 Å². The molecule has 0 bridgehead atoms. The van der Waals surface area contributed by atoms with Gasteiger partial charge in [0.2, 0.25) is 11.8 Å². The number of carbonyl (C=O) groups excluding carboxylic acids is 2. The van der Waals surface area contributed by atoms with Crippen LogP contribution in [0.15, 0.2) is 114 Å². The van der Waals surface area contributed by atoms with Crippen LogP contribution in [0, 0.1) is 6.92 Å². The van der Waals surface area contributed by atoms with Crippen molar-refractivity contribution < 1.29 is 22.7 Å². The number of benzene rings is 4. The van der Waals surface area contributed by atoms with Crippen molar-refractivity contribution in [2.45, 2.75) is 37.8 Å². The summed E-state index contributed by atoms with van der Waals surface area (Å²) in [5, 5.41) is 2.70. The highest BCUT2D eigenvalue weighted by atomic mass is 32.2. The fourth-order valence-electron chi connectivity index (χ4n) is 4.85. The van der Waals surface area contributed by atoms with Crippen molar-refractivity contribution in [3.05, 3.63) is 126 Å². The van der Waals surface area contributed by atoms with Crippen molar-refractivity contribution in [3.8, 4) is 5.75 Å². The summed E-state index contributed by atoms with van der Waals surface area (Å²) in [6.45, 7) is 3.88. The van der Waals surface area contributed by atoms with E-state index in [0.29, 0.717) is 18.0 Å². The van der Waals surface area contributed by atoms with Gasteiger partial charge in [0.05, 0.1) is 17.2 Å². The molecule has 4 aromatic rings. The van der Waals surface area contributed by atoms with E-state index in [2.05, 4.69) is 5.32 Å². The zero-order valence-electron chi connectivity index (χ0n) is 24.6. The second kappa shape index (κ2) is 14.5. The lowest BCUT2D eigenvalue weighted by molar-refractivity contribution is -0.139. The smallest absolute Gasteiger partial charge is 0.264 e. The monoisotopic (exact) mass is 599 g/mol. The van der Waals surface area contributed by atoms with E-state index in [4.69, 9.17) is 4.74 Å². The first kappa shape index (κ1) is 31.3.